The number of ether oxygens (including phenoxy) is 1. The van der Waals surface area contributed by atoms with Crippen LogP contribution >= 0.6 is 0 Å². The van der Waals surface area contributed by atoms with Gasteiger partial charge in [0.15, 0.2) is 0 Å². The summed E-state index contributed by atoms with van der Waals surface area (Å²) < 4.78 is 5.44. The summed E-state index contributed by atoms with van der Waals surface area (Å²) in [7, 11) is 5.45. The number of nitrogens with zero attached hydrogens (tertiary/aromatic N) is 5. The van der Waals surface area contributed by atoms with Crippen molar-refractivity contribution >= 4 is 29.3 Å². The quantitative estimate of drug-likeness (QED) is 0.188. The van der Waals surface area contributed by atoms with Crippen LogP contribution in [0.1, 0.15) is 43.7 Å². The molecule has 1 aliphatic heterocycles. The molecule has 1 saturated heterocycles. The number of anilines is 3. The van der Waals surface area contributed by atoms with E-state index in [4.69, 9.17) is 10.00 Å². The molecule has 0 aliphatic carbocycles. The summed E-state index contributed by atoms with van der Waals surface area (Å²) in [4.78, 5) is 38.2. The van der Waals surface area contributed by atoms with Crippen LogP contribution in [0.5, 0.6) is 0 Å². The predicted octanol–water partition coefficient (Wildman–Crippen LogP) is 2.90. The van der Waals surface area contributed by atoms with Crippen LogP contribution in [0, 0.1) is 23.2 Å². The minimum Gasteiger partial charge on any atom is -0.380 e. The number of methoxy groups -OCH3 is 1. The van der Waals surface area contributed by atoms with Crippen molar-refractivity contribution in [1.82, 2.24) is 25.1 Å². The molecule has 3 N–H and O–H groups in total. The molecule has 222 valence electrons. The standard InChI is InChI=1S/C31H40N8O3/c1-5-16-33-29-24(21-35-31(37-29)36-25-14-12-23(20-32)13-15-25)10-7-6-8-17-34-30(41)27-19-26(42-4)22-39(27)28(40)11-9-18-38(2)3/h9,11-15,21,26-27H,5-6,8,16-19,22H2,1-4H3,(H,34,41)(H2,33,35,36,37)/t26-,27-/m0/s1. The molecule has 0 bridgehead atoms. The number of unbranched alkanes of at least 4 members (excludes halogenated alkanes) is 1. The molecule has 0 spiro atoms. The minimum atomic E-state index is -0.557. The lowest BCUT2D eigenvalue weighted by Crippen LogP contribution is -2.45. The maximum atomic E-state index is 12.9. The van der Waals surface area contributed by atoms with Gasteiger partial charge in [-0.3, -0.25) is 9.59 Å². The first kappa shape index (κ1) is 32.1. The molecule has 2 aromatic rings. The first-order valence-corrected chi connectivity index (χ1v) is 14.1. The largest absolute Gasteiger partial charge is 0.380 e. The number of hydrogen-bond donors (Lipinski definition) is 3. The number of nitrogens with one attached hydrogen (secondary N) is 3. The smallest absolute Gasteiger partial charge is 0.247 e. The van der Waals surface area contributed by atoms with E-state index >= 15 is 0 Å². The molecule has 2 amide bonds. The van der Waals surface area contributed by atoms with Gasteiger partial charge in [-0.2, -0.15) is 10.2 Å². The van der Waals surface area contributed by atoms with E-state index in [1.807, 2.05) is 19.0 Å². The molecule has 3 rings (SSSR count). The highest BCUT2D eigenvalue weighted by Crippen LogP contribution is 2.21. The third-order valence-corrected chi connectivity index (χ3v) is 6.51. The number of benzene rings is 1. The molecule has 11 heteroatoms. The molecule has 2 heterocycles. The van der Waals surface area contributed by atoms with Gasteiger partial charge in [-0.05, 0) is 51.2 Å². The zero-order valence-electron chi connectivity index (χ0n) is 24.8. The summed E-state index contributed by atoms with van der Waals surface area (Å²) >= 11 is 0. The Hall–Kier alpha value is -4.45. The van der Waals surface area contributed by atoms with Crippen molar-refractivity contribution in [3.63, 3.8) is 0 Å². The number of amides is 2. The number of aromatic nitrogens is 2. The Morgan fingerprint density at radius 1 is 1.24 bits per heavy atom. The number of rotatable bonds is 13. The van der Waals surface area contributed by atoms with Gasteiger partial charge in [0.2, 0.25) is 17.8 Å². The normalized spacial score (nSPS) is 16.1. The number of carbonyl (C=O) groups is 2. The van der Waals surface area contributed by atoms with Gasteiger partial charge in [-0.15, -0.1) is 0 Å². The van der Waals surface area contributed by atoms with Crippen LogP contribution in [0.3, 0.4) is 0 Å². The van der Waals surface area contributed by atoms with Crippen molar-refractivity contribution in [2.75, 3.05) is 58.0 Å². The van der Waals surface area contributed by atoms with Crippen LogP contribution in [0.2, 0.25) is 0 Å². The Balaban J connectivity index is 1.53. The summed E-state index contributed by atoms with van der Waals surface area (Å²) in [5, 5.41) is 18.4. The fraction of sp³-hybridized carbons (Fsp3) is 0.452. The van der Waals surface area contributed by atoms with E-state index in [0.717, 1.165) is 18.7 Å². The molecule has 2 atom stereocenters. The van der Waals surface area contributed by atoms with Gasteiger partial charge in [0.05, 0.1) is 29.5 Å². The van der Waals surface area contributed by atoms with E-state index in [1.54, 1.807) is 48.5 Å². The molecule has 0 radical (unpaired) electrons. The monoisotopic (exact) mass is 572 g/mol. The van der Waals surface area contributed by atoms with Crippen LogP contribution in [0.25, 0.3) is 0 Å². The second-order valence-corrected chi connectivity index (χ2v) is 10.2. The van der Waals surface area contributed by atoms with E-state index in [0.29, 0.717) is 61.8 Å². The van der Waals surface area contributed by atoms with E-state index in [9.17, 15) is 9.59 Å². The Labute approximate surface area is 248 Å². The van der Waals surface area contributed by atoms with Crippen molar-refractivity contribution in [3.8, 4) is 17.9 Å². The van der Waals surface area contributed by atoms with Gasteiger partial charge in [-0.1, -0.05) is 24.8 Å². The van der Waals surface area contributed by atoms with Crippen LogP contribution in [-0.2, 0) is 14.3 Å². The minimum absolute atomic E-state index is 0.166. The fourth-order valence-electron chi connectivity index (χ4n) is 4.25. The van der Waals surface area contributed by atoms with Crippen molar-refractivity contribution in [2.45, 2.75) is 44.8 Å². The zero-order valence-corrected chi connectivity index (χ0v) is 24.8. The molecule has 11 nitrogen and oxygen atoms in total. The Morgan fingerprint density at radius 2 is 2.02 bits per heavy atom. The van der Waals surface area contributed by atoms with E-state index < -0.39 is 6.04 Å². The van der Waals surface area contributed by atoms with Crippen LogP contribution in [-0.4, -0.2) is 91.1 Å². The molecule has 0 unspecified atom stereocenters. The number of nitriles is 1. The van der Waals surface area contributed by atoms with Crippen LogP contribution < -0.4 is 16.0 Å². The summed E-state index contributed by atoms with van der Waals surface area (Å²) in [5.41, 5.74) is 2.04. The molecule has 42 heavy (non-hydrogen) atoms. The topological polar surface area (TPSA) is 136 Å². The molecule has 1 fully saturated rings. The lowest BCUT2D eigenvalue weighted by Gasteiger charge is -2.22. The molecule has 1 aromatic carbocycles. The average Bonchev–Trinajstić information content (AvgIpc) is 3.43. The highest BCUT2D eigenvalue weighted by molar-refractivity contribution is 5.93. The summed E-state index contributed by atoms with van der Waals surface area (Å²) in [6.07, 6.45) is 7.46. The maximum absolute atomic E-state index is 12.9. The van der Waals surface area contributed by atoms with Crippen LogP contribution in [0.4, 0.5) is 17.5 Å². The van der Waals surface area contributed by atoms with Gasteiger partial charge in [0.1, 0.15) is 11.9 Å². The fourth-order valence-corrected chi connectivity index (χ4v) is 4.25. The summed E-state index contributed by atoms with van der Waals surface area (Å²) in [5.74, 6) is 6.99. The molecule has 0 saturated carbocycles. The molecule has 1 aromatic heterocycles. The Kier molecular flexibility index (Phi) is 12.8. The van der Waals surface area contributed by atoms with Gasteiger partial charge < -0.3 is 30.5 Å². The van der Waals surface area contributed by atoms with Crippen molar-refractivity contribution in [1.29, 1.82) is 5.26 Å². The molecule has 1 aliphatic rings. The zero-order chi connectivity index (χ0) is 30.3. The first-order valence-electron chi connectivity index (χ1n) is 14.1. The van der Waals surface area contributed by atoms with Crippen molar-refractivity contribution < 1.29 is 14.3 Å². The number of likely N-dealkylation sites (tertiary alicyclic amines) is 1. The highest BCUT2D eigenvalue weighted by Gasteiger charge is 2.38. The van der Waals surface area contributed by atoms with E-state index in [-0.39, 0.29) is 17.9 Å². The lowest BCUT2D eigenvalue weighted by molar-refractivity contribution is -0.135. The van der Waals surface area contributed by atoms with Gasteiger partial charge in [0.25, 0.3) is 0 Å². The van der Waals surface area contributed by atoms with Gasteiger partial charge >= 0.3 is 0 Å². The van der Waals surface area contributed by atoms with Crippen molar-refractivity contribution in [3.05, 3.63) is 53.7 Å². The number of hydrogen-bond acceptors (Lipinski definition) is 9. The predicted molar refractivity (Wildman–Crippen MR) is 163 cm³/mol. The van der Waals surface area contributed by atoms with Gasteiger partial charge in [0, 0.05) is 57.9 Å². The van der Waals surface area contributed by atoms with Gasteiger partial charge in [-0.25, -0.2) is 4.98 Å². The third-order valence-electron chi connectivity index (χ3n) is 6.51. The maximum Gasteiger partial charge on any atom is 0.247 e. The van der Waals surface area contributed by atoms with E-state index in [1.165, 1.54) is 6.08 Å². The average molecular weight is 573 g/mol. The Bertz CT molecular complexity index is 1320. The third kappa shape index (κ3) is 9.88. The second-order valence-electron chi connectivity index (χ2n) is 10.2. The lowest BCUT2D eigenvalue weighted by atomic mass is 10.1. The molecular formula is C31H40N8O3. The summed E-state index contributed by atoms with van der Waals surface area (Å²) in [6, 6.07) is 8.60. The SMILES string of the molecule is CCCNc1nc(Nc2ccc(C#N)cc2)ncc1C#CCCCNC(=O)[C@@H]1C[C@H](OC)CN1C(=O)C=CCN(C)C. The van der Waals surface area contributed by atoms with Crippen molar-refractivity contribution in [2.24, 2.45) is 0 Å². The first-order chi connectivity index (χ1) is 20.3. The Morgan fingerprint density at radius 3 is 2.71 bits per heavy atom. The van der Waals surface area contributed by atoms with E-state index in [2.05, 4.69) is 50.8 Å². The van der Waals surface area contributed by atoms with Crippen LogP contribution in [0.15, 0.2) is 42.6 Å². The second kappa shape index (κ2) is 16.7. The molecular weight excluding hydrogens is 532 g/mol. The highest BCUT2D eigenvalue weighted by atomic mass is 16.5. The number of carbonyl (C=O) groups excluding carboxylic acids is 2. The number of likely N-dealkylation sites (N-methyl/N-ethyl adjacent to an activating group) is 1. The summed E-state index contributed by atoms with van der Waals surface area (Å²) in [6.45, 7) is 4.30.